The van der Waals surface area contributed by atoms with Gasteiger partial charge in [0, 0.05) is 12.6 Å². The molecule has 0 spiro atoms. The van der Waals surface area contributed by atoms with Crippen LogP contribution in [0.25, 0.3) is 0 Å². The van der Waals surface area contributed by atoms with Crippen molar-refractivity contribution in [3.8, 4) is 0 Å². The Kier molecular flexibility index (Phi) is 5.04. The number of aliphatic hydroxyl groups is 1. The average molecular weight is 254 g/mol. The number of carbonyl (C=O) groups is 1. The Hall–Kier alpha value is -0.980. The van der Waals surface area contributed by atoms with Gasteiger partial charge in [-0.2, -0.15) is 13.2 Å². The molecule has 0 aromatic carbocycles. The number of halogens is 3. The number of rotatable bonds is 4. The summed E-state index contributed by atoms with van der Waals surface area (Å²) in [5.41, 5.74) is 0. The minimum absolute atomic E-state index is 0.0306. The van der Waals surface area contributed by atoms with Gasteiger partial charge in [-0.25, -0.2) is 4.79 Å². The number of amides is 2. The van der Waals surface area contributed by atoms with Gasteiger partial charge >= 0.3 is 12.2 Å². The van der Waals surface area contributed by atoms with E-state index in [1.165, 1.54) is 0 Å². The predicted molar refractivity (Wildman–Crippen MR) is 55.5 cm³/mol. The fourth-order valence-corrected chi connectivity index (χ4v) is 1.93. The molecular weight excluding hydrogens is 237 g/mol. The Balaban J connectivity index is 2.47. The third-order valence-electron chi connectivity index (χ3n) is 2.71. The standard InChI is InChI=1S/C10H17F3N2O2/c11-10(12,13)7-15(5-6-16)9(17)14-8-3-1-2-4-8/h8,16H,1-7H2,(H,14,17). The Morgan fingerprint density at radius 2 is 1.94 bits per heavy atom. The molecule has 100 valence electrons. The molecule has 2 N–H and O–H groups in total. The van der Waals surface area contributed by atoms with E-state index >= 15 is 0 Å². The molecule has 1 aliphatic carbocycles. The first-order valence-corrected chi connectivity index (χ1v) is 5.65. The maximum atomic E-state index is 12.2. The first-order chi connectivity index (χ1) is 7.92. The van der Waals surface area contributed by atoms with Crippen LogP contribution in [-0.4, -0.2) is 48.0 Å². The van der Waals surface area contributed by atoms with Crippen LogP contribution < -0.4 is 5.32 Å². The van der Waals surface area contributed by atoms with Crippen molar-refractivity contribution in [3.63, 3.8) is 0 Å². The van der Waals surface area contributed by atoms with Crippen molar-refractivity contribution in [2.45, 2.75) is 37.9 Å². The van der Waals surface area contributed by atoms with E-state index in [4.69, 9.17) is 5.11 Å². The molecule has 1 rings (SSSR count). The second-order valence-electron chi connectivity index (χ2n) is 4.19. The Bertz CT molecular complexity index is 252. The number of nitrogens with one attached hydrogen (secondary N) is 1. The first kappa shape index (κ1) is 14.1. The Morgan fingerprint density at radius 1 is 1.35 bits per heavy atom. The molecule has 0 bridgehead atoms. The maximum Gasteiger partial charge on any atom is 0.406 e. The van der Waals surface area contributed by atoms with Gasteiger partial charge in [-0.05, 0) is 12.8 Å². The van der Waals surface area contributed by atoms with Gasteiger partial charge in [-0.3, -0.25) is 0 Å². The number of hydrogen-bond donors (Lipinski definition) is 2. The van der Waals surface area contributed by atoms with Crippen LogP contribution in [0.3, 0.4) is 0 Å². The van der Waals surface area contributed by atoms with Crippen molar-refractivity contribution < 1.29 is 23.1 Å². The van der Waals surface area contributed by atoms with Crippen molar-refractivity contribution in [2.75, 3.05) is 19.7 Å². The zero-order chi connectivity index (χ0) is 12.9. The second-order valence-corrected chi connectivity index (χ2v) is 4.19. The number of carbonyl (C=O) groups excluding carboxylic acids is 1. The normalized spacial score (nSPS) is 17.2. The summed E-state index contributed by atoms with van der Waals surface area (Å²) in [6.45, 7) is -2.11. The van der Waals surface area contributed by atoms with Gasteiger partial charge in [0.25, 0.3) is 0 Å². The van der Waals surface area contributed by atoms with Gasteiger partial charge in [0.1, 0.15) is 6.54 Å². The maximum absolute atomic E-state index is 12.2. The highest BCUT2D eigenvalue weighted by atomic mass is 19.4. The lowest BCUT2D eigenvalue weighted by atomic mass is 10.2. The number of nitrogens with zero attached hydrogens (tertiary/aromatic N) is 1. The number of urea groups is 1. The second kappa shape index (κ2) is 6.09. The van der Waals surface area contributed by atoms with Crippen LogP contribution in [0.15, 0.2) is 0 Å². The SMILES string of the molecule is O=C(NC1CCCC1)N(CCO)CC(F)(F)F. The van der Waals surface area contributed by atoms with E-state index in [-0.39, 0.29) is 12.6 Å². The molecule has 17 heavy (non-hydrogen) atoms. The molecular formula is C10H17F3N2O2. The lowest BCUT2D eigenvalue weighted by Gasteiger charge is -2.25. The number of aliphatic hydroxyl groups excluding tert-OH is 1. The molecule has 1 fully saturated rings. The van der Waals surface area contributed by atoms with Gasteiger partial charge in [0.05, 0.1) is 6.61 Å². The van der Waals surface area contributed by atoms with Crippen LogP contribution in [0, 0.1) is 0 Å². The predicted octanol–water partition coefficient (Wildman–Crippen LogP) is 1.50. The van der Waals surface area contributed by atoms with Crippen LogP contribution in [0.2, 0.25) is 0 Å². The molecule has 1 saturated carbocycles. The molecule has 4 nitrogen and oxygen atoms in total. The highest BCUT2D eigenvalue weighted by molar-refractivity contribution is 5.74. The van der Waals surface area contributed by atoms with Crippen LogP contribution in [0.1, 0.15) is 25.7 Å². The molecule has 0 heterocycles. The largest absolute Gasteiger partial charge is 0.406 e. The molecule has 1 aliphatic rings. The Morgan fingerprint density at radius 3 is 2.41 bits per heavy atom. The summed E-state index contributed by atoms with van der Waals surface area (Å²) in [6, 6.07) is -0.778. The quantitative estimate of drug-likeness (QED) is 0.798. The van der Waals surface area contributed by atoms with Crippen molar-refractivity contribution in [2.24, 2.45) is 0 Å². The molecule has 0 atom stereocenters. The fraction of sp³-hybridized carbons (Fsp3) is 0.900. The van der Waals surface area contributed by atoms with E-state index in [9.17, 15) is 18.0 Å². The van der Waals surface area contributed by atoms with Gasteiger partial charge < -0.3 is 15.3 Å². The van der Waals surface area contributed by atoms with E-state index in [0.29, 0.717) is 4.90 Å². The minimum atomic E-state index is -4.44. The van der Waals surface area contributed by atoms with Crippen molar-refractivity contribution in [1.82, 2.24) is 10.2 Å². The highest BCUT2D eigenvalue weighted by Gasteiger charge is 2.33. The molecule has 0 aromatic rings. The first-order valence-electron chi connectivity index (χ1n) is 5.65. The highest BCUT2D eigenvalue weighted by Crippen LogP contribution is 2.19. The number of alkyl halides is 3. The monoisotopic (exact) mass is 254 g/mol. The van der Waals surface area contributed by atoms with Crippen LogP contribution in [0.5, 0.6) is 0 Å². The van der Waals surface area contributed by atoms with Crippen LogP contribution >= 0.6 is 0 Å². The van der Waals surface area contributed by atoms with Gasteiger partial charge in [0.15, 0.2) is 0 Å². The molecule has 0 radical (unpaired) electrons. The zero-order valence-corrected chi connectivity index (χ0v) is 9.46. The zero-order valence-electron chi connectivity index (χ0n) is 9.46. The summed E-state index contributed by atoms with van der Waals surface area (Å²) in [5, 5.41) is 11.2. The van der Waals surface area contributed by atoms with E-state index in [0.717, 1.165) is 25.7 Å². The smallest absolute Gasteiger partial charge is 0.395 e. The molecule has 0 saturated heterocycles. The van der Waals surface area contributed by atoms with Crippen LogP contribution in [-0.2, 0) is 0 Å². The fourth-order valence-electron chi connectivity index (χ4n) is 1.93. The van der Waals surface area contributed by atoms with Crippen molar-refractivity contribution in [1.29, 1.82) is 0 Å². The summed E-state index contributed by atoms with van der Waals surface area (Å²) in [5.74, 6) is 0. The third kappa shape index (κ3) is 5.25. The molecule has 2 amide bonds. The summed E-state index contributed by atoms with van der Waals surface area (Å²) in [7, 11) is 0. The van der Waals surface area contributed by atoms with E-state index in [2.05, 4.69) is 5.32 Å². The molecule has 0 unspecified atom stereocenters. The molecule has 0 aromatic heterocycles. The number of hydrogen-bond acceptors (Lipinski definition) is 2. The van der Waals surface area contributed by atoms with E-state index in [1.807, 2.05) is 0 Å². The van der Waals surface area contributed by atoms with E-state index in [1.54, 1.807) is 0 Å². The lowest BCUT2D eigenvalue weighted by Crippen LogP contribution is -2.48. The summed E-state index contributed by atoms with van der Waals surface area (Å²) < 4.78 is 36.6. The van der Waals surface area contributed by atoms with Crippen molar-refractivity contribution in [3.05, 3.63) is 0 Å². The van der Waals surface area contributed by atoms with Gasteiger partial charge in [-0.1, -0.05) is 12.8 Å². The summed E-state index contributed by atoms with van der Waals surface area (Å²) in [4.78, 5) is 12.2. The summed E-state index contributed by atoms with van der Waals surface area (Å²) >= 11 is 0. The average Bonchev–Trinajstić information content (AvgIpc) is 2.67. The van der Waals surface area contributed by atoms with Gasteiger partial charge in [-0.15, -0.1) is 0 Å². The van der Waals surface area contributed by atoms with Gasteiger partial charge in [0.2, 0.25) is 0 Å². The van der Waals surface area contributed by atoms with E-state index < -0.39 is 25.4 Å². The van der Waals surface area contributed by atoms with Crippen molar-refractivity contribution >= 4 is 6.03 Å². The van der Waals surface area contributed by atoms with Crippen LogP contribution in [0.4, 0.5) is 18.0 Å². The minimum Gasteiger partial charge on any atom is -0.395 e. The lowest BCUT2D eigenvalue weighted by molar-refractivity contribution is -0.140. The molecule has 0 aliphatic heterocycles. The molecule has 7 heteroatoms. The third-order valence-corrected chi connectivity index (χ3v) is 2.71. The Labute approximate surface area is 97.8 Å². The summed E-state index contributed by atoms with van der Waals surface area (Å²) in [6.07, 6.45) is -0.841. The topological polar surface area (TPSA) is 52.6 Å².